The molecule has 0 saturated carbocycles. The number of ether oxygens (including phenoxy) is 1. The summed E-state index contributed by atoms with van der Waals surface area (Å²) in [6.07, 6.45) is 0. The van der Waals surface area contributed by atoms with Crippen molar-refractivity contribution in [3.8, 4) is 5.75 Å². The minimum Gasteiger partial charge on any atom is -0.496 e. The first kappa shape index (κ1) is 11.2. The van der Waals surface area contributed by atoms with Gasteiger partial charge in [-0.15, -0.1) is 0 Å². The lowest BCUT2D eigenvalue weighted by molar-refractivity contribution is 0.410. The first-order valence-corrected chi connectivity index (χ1v) is 4.54. The van der Waals surface area contributed by atoms with Crippen LogP contribution in [0.15, 0.2) is 23.3 Å². The Balaban J connectivity index is 3.06. The minimum atomic E-state index is 0.307. The Morgan fingerprint density at radius 3 is 2.73 bits per heavy atom. The molecule has 5 nitrogen and oxygen atoms in total. The molecule has 0 unspecified atom stereocenters. The highest BCUT2D eigenvalue weighted by molar-refractivity contribution is 5.52. The molecule has 0 radical (unpaired) electrons. The predicted molar refractivity (Wildman–Crippen MR) is 60.2 cm³/mol. The van der Waals surface area contributed by atoms with Crippen LogP contribution in [0.3, 0.4) is 0 Å². The van der Waals surface area contributed by atoms with Crippen molar-refractivity contribution in [3.63, 3.8) is 0 Å². The van der Waals surface area contributed by atoms with Gasteiger partial charge in [-0.05, 0) is 23.7 Å². The Morgan fingerprint density at radius 1 is 1.47 bits per heavy atom. The Morgan fingerprint density at radius 2 is 2.20 bits per heavy atom. The molecule has 0 heterocycles. The van der Waals surface area contributed by atoms with E-state index in [-0.39, 0.29) is 0 Å². The van der Waals surface area contributed by atoms with E-state index < -0.39 is 0 Å². The van der Waals surface area contributed by atoms with E-state index in [0.717, 1.165) is 17.0 Å². The van der Waals surface area contributed by atoms with Crippen molar-refractivity contribution in [2.75, 3.05) is 26.1 Å². The third-order valence-corrected chi connectivity index (χ3v) is 2.08. The van der Waals surface area contributed by atoms with Crippen molar-refractivity contribution >= 4 is 5.69 Å². The average Bonchev–Trinajstić information content (AvgIpc) is 2.25. The number of benzene rings is 1. The quantitative estimate of drug-likeness (QED) is 0.432. The third-order valence-electron chi connectivity index (χ3n) is 2.08. The molecule has 0 amide bonds. The van der Waals surface area contributed by atoms with Crippen LogP contribution in [0.5, 0.6) is 5.75 Å². The summed E-state index contributed by atoms with van der Waals surface area (Å²) in [6, 6.07) is 5.78. The number of azide groups is 1. The fraction of sp³-hybridized carbons (Fsp3) is 0.400. The number of methoxy groups -OCH3 is 1. The molecule has 1 aromatic rings. The predicted octanol–water partition coefficient (Wildman–Crippen LogP) is 2.57. The van der Waals surface area contributed by atoms with Gasteiger partial charge in [-0.3, -0.25) is 0 Å². The molecule has 5 heteroatoms. The van der Waals surface area contributed by atoms with Crippen LogP contribution in [-0.4, -0.2) is 21.2 Å². The third kappa shape index (κ3) is 2.79. The van der Waals surface area contributed by atoms with Crippen LogP contribution < -0.4 is 9.64 Å². The van der Waals surface area contributed by atoms with Gasteiger partial charge in [0.1, 0.15) is 5.75 Å². The second-order valence-electron chi connectivity index (χ2n) is 3.28. The normalized spacial score (nSPS) is 9.27. The number of hydrogen-bond donors (Lipinski definition) is 0. The van der Waals surface area contributed by atoms with E-state index in [4.69, 9.17) is 10.3 Å². The van der Waals surface area contributed by atoms with Gasteiger partial charge in [-0.25, -0.2) is 0 Å². The zero-order valence-electron chi connectivity index (χ0n) is 9.14. The molecule has 0 bridgehead atoms. The summed E-state index contributed by atoms with van der Waals surface area (Å²) in [5.41, 5.74) is 10.2. The van der Waals surface area contributed by atoms with Gasteiger partial charge in [-0.1, -0.05) is 5.11 Å². The zero-order valence-corrected chi connectivity index (χ0v) is 9.14. The summed E-state index contributed by atoms with van der Waals surface area (Å²) < 4.78 is 5.18. The lowest BCUT2D eigenvalue weighted by Gasteiger charge is -2.15. The molecule has 0 aromatic heterocycles. The van der Waals surface area contributed by atoms with Crippen molar-refractivity contribution in [3.05, 3.63) is 34.2 Å². The highest BCUT2D eigenvalue weighted by atomic mass is 16.5. The Kier molecular flexibility index (Phi) is 3.83. The number of rotatable bonds is 4. The smallest absolute Gasteiger partial charge is 0.122 e. The van der Waals surface area contributed by atoms with Crippen LogP contribution in [0.1, 0.15) is 5.56 Å². The summed E-state index contributed by atoms with van der Waals surface area (Å²) >= 11 is 0. The fourth-order valence-corrected chi connectivity index (χ4v) is 1.27. The highest BCUT2D eigenvalue weighted by Crippen LogP contribution is 2.24. The Labute approximate surface area is 88.9 Å². The van der Waals surface area contributed by atoms with E-state index >= 15 is 0 Å². The molecule has 0 aliphatic carbocycles. The number of nitrogens with zero attached hydrogens (tertiary/aromatic N) is 4. The van der Waals surface area contributed by atoms with Gasteiger partial charge in [0.25, 0.3) is 0 Å². The van der Waals surface area contributed by atoms with E-state index in [9.17, 15) is 0 Å². The van der Waals surface area contributed by atoms with Crippen molar-refractivity contribution in [1.29, 1.82) is 0 Å². The van der Waals surface area contributed by atoms with Crippen molar-refractivity contribution in [2.24, 2.45) is 5.11 Å². The van der Waals surface area contributed by atoms with E-state index in [2.05, 4.69) is 10.0 Å². The van der Waals surface area contributed by atoms with Crippen LogP contribution in [0, 0.1) is 0 Å². The monoisotopic (exact) mass is 206 g/mol. The van der Waals surface area contributed by atoms with Gasteiger partial charge < -0.3 is 9.64 Å². The summed E-state index contributed by atoms with van der Waals surface area (Å²) in [5.74, 6) is 0.744. The maximum atomic E-state index is 8.28. The molecule has 0 N–H and O–H groups in total. The average molecular weight is 206 g/mol. The Hall–Kier alpha value is -1.87. The first-order valence-electron chi connectivity index (χ1n) is 4.54. The maximum Gasteiger partial charge on any atom is 0.122 e. The molecule has 0 saturated heterocycles. The maximum absolute atomic E-state index is 8.28. The summed E-state index contributed by atoms with van der Waals surface area (Å²) in [5, 5.41) is 3.53. The second-order valence-corrected chi connectivity index (χ2v) is 3.28. The summed E-state index contributed by atoms with van der Waals surface area (Å²) in [4.78, 5) is 4.72. The van der Waals surface area contributed by atoms with E-state index in [0.29, 0.717) is 6.54 Å². The van der Waals surface area contributed by atoms with Crippen molar-refractivity contribution in [2.45, 2.75) is 6.54 Å². The molecule has 0 fully saturated rings. The second kappa shape index (κ2) is 5.12. The van der Waals surface area contributed by atoms with Gasteiger partial charge in [0.2, 0.25) is 0 Å². The molecule has 1 rings (SSSR count). The van der Waals surface area contributed by atoms with E-state index in [1.54, 1.807) is 7.11 Å². The first-order chi connectivity index (χ1) is 7.19. The van der Waals surface area contributed by atoms with Crippen molar-refractivity contribution < 1.29 is 4.74 Å². The van der Waals surface area contributed by atoms with Gasteiger partial charge in [0, 0.05) is 30.3 Å². The minimum absolute atomic E-state index is 0.307. The molecular weight excluding hydrogens is 192 g/mol. The molecule has 0 spiro atoms. The van der Waals surface area contributed by atoms with Gasteiger partial charge in [0.05, 0.1) is 13.7 Å². The van der Waals surface area contributed by atoms with E-state index in [1.807, 2.05) is 37.2 Å². The molecule has 0 atom stereocenters. The largest absolute Gasteiger partial charge is 0.496 e. The van der Waals surface area contributed by atoms with Gasteiger partial charge in [-0.2, -0.15) is 0 Å². The molecule has 0 aliphatic heterocycles. The van der Waals surface area contributed by atoms with Gasteiger partial charge >= 0.3 is 0 Å². The SMILES string of the molecule is COc1ccc(N(C)C)cc1CN=[N+]=[N-]. The molecule has 80 valence electrons. The molecule has 1 aromatic carbocycles. The van der Waals surface area contributed by atoms with Crippen molar-refractivity contribution in [1.82, 2.24) is 0 Å². The van der Waals surface area contributed by atoms with Crippen LogP contribution in [-0.2, 0) is 6.54 Å². The lowest BCUT2D eigenvalue weighted by Crippen LogP contribution is -2.09. The van der Waals surface area contributed by atoms with Crippen LogP contribution in [0.2, 0.25) is 0 Å². The van der Waals surface area contributed by atoms with Crippen LogP contribution in [0.4, 0.5) is 5.69 Å². The summed E-state index contributed by atoms with van der Waals surface area (Å²) in [6.45, 7) is 0.307. The molecular formula is C10H14N4O. The van der Waals surface area contributed by atoms with E-state index in [1.165, 1.54) is 0 Å². The Bertz CT molecular complexity index is 383. The highest BCUT2D eigenvalue weighted by Gasteiger charge is 2.04. The van der Waals surface area contributed by atoms with Crippen LogP contribution >= 0.6 is 0 Å². The lowest BCUT2D eigenvalue weighted by atomic mass is 10.1. The number of hydrogen-bond acceptors (Lipinski definition) is 3. The fourth-order valence-electron chi connectivity index (χ4n) is 1.27. The molecule has 15 heavy (non-hydrogen) atoms. The molecule has 0 aliphatic rings. The standard InChI is InChI=1S/C10H14N4O/c1-14(2)9-4-5-10(15-3)8(6-9)7-12-13-11/h4-6H,7H2,1-3H3. The van der Waals surface area contributed by atoms with Crippen LogP contribution in [0.25, 0.3) is 10.4 Å². The summed E-state index contributed by atoms with van der Waals surface area (Å²) in [7, 11) is 5.52. The zero-order chi connectivity index (χ0) is 11.3. The number of anilines is 1. The topological polar surface area (TPSA) is 61.2 Å². The van der Waals surface area contributed by atoms with Gasteiger partial charge in [0.15, 0.2) is 0 Å².